The van der Waals surface area contributed by atoms with Gasteiger partial charge in [-0.3, -0.25) is 4.79 Å². The van der Waals surface area contributed by atoms with Gasteiger partial charge in [-0.1, -0.05) is 11.6 Å². The molecule has 0 saturated heterocycles. The zero-order valence-corrected chi connectivity index (χ0v) is 9.30. The molecule has 0 atom stereocenters. The van der Waals surface area contributed by atoms with Crippen LogP contribution >= 0.6 is 11.6 Å². The van der Waals surface area contributed by atoms with Crippen LogP contribution in [0.1, 0.15) is 24.6 Å². The van der Waals surface area contributed by atoms with Gasteiger partial charge in [0.25, 0.3) is 6.43 Å². The van der Waals surface area contributed by atoms with Crippen LogP contribution < -0.4 is 0 Å². The van der Waals surface area contributed by atoms with Gasteiger partial charge in [-0.2, -0.15) is 0 Å². The van der Waals surface area contributed by atoms with Crippen molar-refractivity contribution in [2.75, 3.05) is 6.61 Å². The van der Waals surface area contributed by atoms with Gasteiger partial charge in [0.05, 0.1) is 18.7 Å². The van der Waals surface area contributed by atoms with Crippen molar-refractivity contribution in [3.8, 4) is 0 Å². The fourth-order valence-corrected chi connectivity index (χ4v) is 1.38. The molecule has 0 amide bonds. The van der Waals surface area contributed by atoms with Crippen LogP contribution in [-0.2, 0) is 16.0 Å². The Morgan fingerprint density at radius 1 is 1.56 bits per heavy atom. The fraction of sp³-hybridized carbons (Fsp3) is 0.400. The summed E-state index contributed by atoms with van der Waals surface area (Å²) < 4.78 is 29.5. The minimum Gasteiger partial charge on any atom is -0.466 e. The zero-order valence-electron chi connectivity index (χ0n) is 8.54. The standard InChI is InChI=1S/C10H10ClF2NO2/c1-2-16-9(15)5-7-3-6(10(12)13)4-8(11)14-7/h3-4,10H,2,5H2,1H3. The van der Waals surface area contributed by atoms with E-state index in [4.69, 9.17) is 11.6 Å². The predicted octanol–water partition coefficient (Wildman–Crippen LogP) is 2.78. The first kappa shape index (κ1) is 12.8. The number of ether oxygens (including phenoxy) is 1. The molecule has 1 rings (SSSR count). The molecule has 0 fully saturated rings. The van der Waals surface area contributed by atoms with Crippen molar-refractivity contribution in [1.29, 1.82) is 0 Å². The lowest BCUT2D eigenvalue weighted by atomic mass is 10.2. The lowest BCUT2D eigenvalue weighted by Gasteiger charge is -2.05. The number of aromatic nitrogens is 1. The summed E-state index contributed by atoms with van der Waals surface area (Å²) in [6, 6.07) is 2.22. The van der Waals surface area contributed by atoms with Gasteiger partial charge in [0.15, 0.2) is 0 Å². The zero-order chi connectivity index (χ0) is 12.1. The number of nitrogens with zero attached hydrogens (tertiary/aromatic N) is 1. The van der Waals surface area contributed by atoms with Gasteiger partial charge in [-0.25, -0.2) is 13.8 Å². The molecule has 0 spiro atoms. The van der Waals surface area contributed by atoms with Crippen LogP contribution in [0, 0.1) is 0 Å². The molecule has 16 heavy (non-hydrogen) atoms. The highest BCUT2D eigenvalue weighted by Gasteiger charge is 2.12. The Bertz CT molecular complexity index is 385. The van der Waals surface area contributed by atoms with Gasteiger partial charge in [-0.15, -0.1) is 0 Å². The minimum atomic E-state index is -2.64. The van der Waals surface area contributed by atoms with Crippen molar-refractivity contribution in [1.82, 2.24) is 4.98 Å². The molecule has 0 aliphatic rings. The summed E-state index contributed by atoms with van der Waals surface area (Å²) in [5, 5.41) is -0.0582. The highest BCUT2D eigenvalue weighted by molar-refractivity contribution is 6.29. The van der Waals surface area contributed by atoms with Crippen LogP contribution in [0.15, 0.2) is 12.1 Å². The fourth-order valence-electron chi connectivity index (χ4n) is 1.15. The van der Waals surface area contributed by atoms with E-state index in [1.54, 1.807) is 6.92 Å². The molecule has 0 bridgehead atoms. The van der Waals surface area contributed by atoms with Gasteiger partial charge in [0.1, 0.15) is 5.15 Å². The van der Waals surface area contributed by atoms with E-state index < -0.39 is 12.4 Å². The Kier molecular flexibility index (Phi) is 4.61. The summed E-state index contributed by atoms with van der Waals surface area (Å²) in [5.41, 5.74) is -0.0689. The maximum absolute atomic E-state index is 12.4. The van der Waals surface area contributed by atoms with E-state index in [-0.39, 0.29) is 29.4 Å². The highest BCUT2D eigenvalue weighted by atomic mass is 35.5. The maximum atomic E-state index is 12.4. The third-order valence-corrected chi connectivity index (χ3v) is 1.95. The summed E-state index contributed by atoms with van der Waals surface area (Å²) >= 11 is 5.56. The number of esters is 1. The molecule has 1 aromatic heterocycles. The predicted molar refractivity (Wildman–Crippen MR) is 54.5 cm³/mol. The maximum Gasteiger partial charge on any atom is 0.311 e. The Hall–Kier alpha value is -1.23. The molecule has 0 aliphatic heterocycles. The second kappa shape index (κ2) is 5.75. The molecule has 3 nitrogen and oxygen atoms in total. The van der Waals surface area contributed by atoms with Gasteiger partial charge >= 0.3 is 5.97 Å². The first-order valence-electron chi connectivity index (χ1n) is 4.63. The molecule has 88 valence electrons. The van der Waals surface area contributed by atoms with Crippen molar-refractivity contribution in [3.05, 3.63) is 28.5 Å². The molecule has 0 unspecified atom stereocenters. The topological polar surface area (TPSA) is 39.2 Å². The van der Waals surface area contributed by atoms with Crippen molar-refractivity contribution < 1.29 is 18.3 Å². The van der Waals surface area contributed by atoms with E-state index in [0.717, 1.165) is 12.1 Å². The molecule has 0 N–H and O–H groups in total. The lowest BCUT2D eigenvalue weighted by molar-refractivity contribution is -0.142. The largest absolute Gasteiger partial charge is 0.466 e. The van der Waals surface area contributed by atoms with Crippen molar-refractivity contribution in [2.45, 2.75) is 19.8 Å². The molecule has 1 heterocycles. The van der Waals surface area contributed by atoms with E-state index in [1.807, 2.05) is 0 Å². The Labute approximate surface area is 96.4 Å². The first-order valence-corrected chi connectivity index (χ1v) is 5.01. The van der Waals surface area contributed by atoms with Crippen LogP contribution in [0.5, 0.6) is 0 Å². The highest BCUT2D eigenvalue weighted by Crippen LogP contribution is 2.22. The van der Waals surface area contributed by atoms with E-state index in [9.17, 15) is 13.6 Å². The monoisotopic (exact) mass is 249 g/mol. The molecule has 0 aliphatic carbocycles. The SMILES string of the molecule is CCOC(=O)Cc1cc(C(F)F)cc(Cl)n1. The Balaban J connectivity index is 2.84. The van der Waals surface area contributed by atoms with Crippen molar-refractivity contribution in [3.63, 3.8) is 0 Å². The summed E-state index contributed by atoms with van der Waals surface area (Å²) in [5.74, 6) is -0.516. The van der Waals surface area contributed by atoms with Crippen LogP contribution in [0.25, 0.3) is 0 Å². The lowest BCUT2D eigenvalue weighted by Crippen LogP contribution is -2.09. The van der Waals surface area contributed by atoms with Gasteiger partial charge < -0.3 is 4.74 Å². The second-order valence-electron chi connectivity index (χ2n) is 3.00. The number of halogens is 3. The van der Waals surface area contributed by atoms with Crippen molar-refractivity contribution >= 4 is 17.6 Å². The summed E-state index contributed by atoms with van der Waals surface area (Å²) in [6.07, 6.45) is -2.80. The van der Waals surface area contributed by atoms with E-state index >= 15 is 0 Å². The average molecular weight is 250 g/mol. The number of hydrogen-bond acceptors (Lipinski definition) is 3. The van der Waals surface area contributed by atoms with E-state index in [2.05, 4.69) is 9.72 Å². The summed E-state index contributed by atoms with van der Waals surface area (Å²) in [4.78, 5) is 14.9. The van der Waals surface area contributed by atoms with E-state index in [1.165, 1.54) is 0 Å². The third-order valence-electron chi connectivity index (χ3n) is 1.75. The van der Waals surface area contributed by atoms with Gasteiger partial charge in [0, 0.05) is 5.56 Å². The third kappa shape index (κ3) is 3.73. The van der Waals surface area contributed by atoms with Crippen LogP contribution in [0.3, 0.4) is 0 Å². The number of rotatable bonds is 4. The normalized spacial score (nSPS) is 10.6. The van der Waals surface area contributed by atoms with Crippen LogP contribution in [0.2, 0.25) is 5.15 Å². The number of carbonyl (C=O) groups excluding carboxylic acids is 1. The first-order chi connectivity index (χ1) is 7.52. The molecule has 1 aromatic rings. The molecular formula is C10H10ClF2NO2. The van der Waals surface area contributed by atoms with Gasteiger partial charge in [-0.05, 0) is 19.1 Å². The summed E-state index contributed by atoms with van der Waals surface area (Å²) in [7, 11) is 0. The second-order valence-corrected chi connectivity index (χ2v) is 3.38. The minimum absolute atomic E-state index is 0.0582. The molecule has 6 heteroatoms. The molecule has 0 saturated carbocycles. The number of alkyl halides is 2. The smallest absolute Gasteiger partial charge is 0.311 e. The summed E-state index contributed by atoms with van der Waals surface area (Å²) in [6.45, 7) is 1.90. The van der Waals surface area contributed by atoms with Crippen molar-refractivity contribution in [2.24, 2.45) is 0 Å². The quantitative estimate of drug-likeness (QED) is 0.608. The molecule has 0 aromatic carbocycles. The molecular weight excluding hydrogens is 240 g/mol. The van der Waals surface area contributed by atoms with Crippen LogP contribution in [0.4, 0.5) is 8.78 Å². The van der Waals surface area contributed by atoms with Crippen LogP contribution in [-0.4, -0.2) is 17.6 Å². The molecule has 0 radical (unpaired) electrons. The average Bonchev–Trinajstić information content (AvgIpc) is 2.16. The Morgan fingerprint density at radius 2 is 2.25 bits per heavy atom. The number of carbonyl (C=O) groups is 1. The number of pyridine rings is 1. The number of hydrogen-bond donors (Lipinski definition) is 0. The van der Waals surface area contributed by atoms with Gasteiger partial charge in [0.2, 0.25) is 0 Å². The Morgan fingerprint density at radius 3 is 2.81 bits per heavy atom. The van der Waals surface area contributed by atoms with E-state index in [0.29, 0.717) is 0 Å².